The van der Waals surface area contributed by atoms with Crippen LogP contribution >= 0.6 is 0 Å². The number of alkyl halides is 3. The van der Waals surface area contributed by atoms with E-state index in [0.717, 1.165) is 61.6 Å². The summed E-state index contributed by atoms with van der Waals surface area (Å²) in [5.41, 5.74) is 2.36. The predicted molar refractivity (Wildman–Crippen MR) is 194 cm³/mol. The number of carbonyl (C=O) groups excluding carboxylic acids is 4. The zero-order valence-corrected chi connectivity index (χ0v) is 29.8. The average molecular weight is 747 g/mol. The number of carbonyl (C=O) groups is 4. The number of halogens is 3. The van der Waals surface area contributed by atoms with Gasteiger partial charge in [0.15, 0.2) is 0 Å². The Bertz CT molecular complexity index is 1870. The minimum atomic E-state index is -4.86. The van der Waals surface area contributed by atoms with Crippen molar-refractivity contribution >= 4 is 23.9 Å². The summed E-state index contributed by atoms with van der Waals surface area (Å²) in [6, 6.07) is 21.9. The quantitative estimate of drug-likeness (QED) is 0.0400. The zero-order valence-electron chi connectivity index (χ0n) is 29.8. The molecule has 0 spiro atoms. The zero-order chi connectivity index (χ0) is 38.9. The molecule has 12 heteroatoms. The molecule has 0 atom stereocenters. The van der Waals surface area contributed by atoms with Gasteiger partial charge in [0.2, 0.25) is 0 Å². The summed E-state index contributed by atoms with van der Waals surface area (Å²) < 4.78 is 62.7. The molecule has 4 aromatic rings. The summed E-state index contributed by atoms with van der Waals surface area (Å²) in [6.07, 6.45) is 4.10. The van der Waals surface area contributed by atoms with E-state index in [0.29, 0.717) is 36.8 Å². The van der Waals surface area contributed by atoms with Gasteiger partial charge in [-0.15, -0.1) is 13.2 Å². The lowest BCUT2D eigenvalue weighted by Crippen LogP contribution is -2.17. The summed E-state index contributed by atoms with van der Waals surface area (Å²) in [7, 11) is 0. The van der Waals surface area contributed by atoms with Crippen molar-refractivity contribution in [2.45, 2.75) is 71.1 Å². The van der Waals surface area contributed by atoms with E-state index in [2.05, 4.69) is 18.2 Å². The normalized spacial score (nSPS) is 11.0. The molecule has 4 rings (SSSR count). The van der Waals surface area contributed by atoms with Crippen LogP contribution in [0.3, 0.4) is 0 Å². The highest BCUT2D eigenvalue weighted by molar-refractivity contribution is 5.94. The lowest BCUT2D eigenvalue weighted by molar-refractivity contribution is -0.274. The molecule has 0 amide bonds. The van der Waals surface area contributed by atoms with Gasteiger partial charge in [0.1, 0.15) is 23.0 Å². The van der Waals surface area contributed by atoms with Crippen molar-refractivity contribution in [3.63, 3.8) is 0 Å². The van der Waals surface area contributed by atoms with Gasteiger partial charge in [-0.2, -0.15) is 0 Å². The molecule has 0 aromatic heterocycles. The van der Waals surface area contributed by atoms with Crippen LogP contribution in [0.5, 0.6) is 23.0 Å². The molecule has 0 N–H and O–H groups in total. The van der Waals surface area contributed by atoms with Gasteiger partial charge in [-0.3, -0.25) is 0 Å². The van der Waals surface area contributed by atoms with E-state index in [-0.39, 0.29) is 35.0 Å². The third-order valence-corrected chi connectivity index (χ3v) is 8.09. The number of esters is 4. The first-order valence-electron chi connectivity index (χ1n) is 17.6. The van der Waals surface area contributed by atoms with E-state index in [1.165, 1.54) is 42.8 Å². The highest BCUT2D eigenvalue weighted by Crippen LogP contribution is 2.26. The molecular weight excluding hydrogens is 705 g/mol. The molecule has 0 fully saturated rings. The van der Waals surface area contributed by atoms with Gasteiger partial charge in [-0.1, -0.05) is 44.9 Å². The lowest BCUT2D eigenvalue weighted by Gasteiger charge is -2.13. The monoisotopic (exact) mass is 746 g/mol. The second-order valence-corrected chi connectivity index (χ2v) is 12.2. The maximum atomic E-state index is 13.4. The third-order valence-electron chi connectivity index (χ3n) is 8.09. The molecule has 0 unspecified atom stereocenters. The molecule has 0 radical (unpaired) electrons. The molecule has 0 saturated heterocycles. The number of rotatable bonds is 19. The molecule has 0 aliphatic rings. The Morgan fingerprint density at radius 1 is 0.611 bits per heavy atom. The Morgan fingerprint density at radius 2 is 1.13 bits per heavy atom. The molecule has 4 aromatic carbocycles. The summed E-state index contributed by atoms with van der Waals surface area (Å²) >= 11 is 0. The standard InChI is InChI=1S/C42H41F3O9/c1-3-5-6-8-11-29-13-15-30(16-14-29)40(48)53-36-25-26-37(32(28-36)12-9-7-10-27-50-38(46)4-2)41(49)52-34-23-21-33(22-24-34)51-39(47)31-17-19-35(20-18-31)54-42(43,44)45/h4,13-26,28H,2-3,5-12,27H2,1H3. The second kappa shape index (κ2) is 20.4. The minimum absolute atomic E-state index is 0.00876. The van der Waals surface area contributed by atoms with Gasteiger partial charge in [-0.05, 0) is 129 Å². The van der Waals surface area contributed by atoms with Crippen LogP contribution in [0.25, 0.3) is 0 Å². The molecule has 0 aliphatic heterocycles. The van der Waals surface area contributed by atoms with Gasteiger partial charge in [-0.25, -0.2) is 19.2 Å². The van der Waals surface area contributed by atoms with Crippen molar-refractivity contribution in [3.05, 3.63) is 131 Å². The summed E-state index contributed by atoms with van der Waals surface area (Å²) in [4.78, 5) is 50.2. The maximum Gasteiger partial charge on any atom is 0.573 e. The van der Waals surface area contributed by atoms with Gasteiger partial charge < -0.3 is 23.7 Å². The van der Waals surface area contributed by atoms with Crippen LogP contribution < -0.4 is 18.9 Å². The van der Waals surface area contributed by atoms with Gasteiger partial charge in [0, 0.05) is 6.08 Å². The number of ether oxygens (including phenoxy) is 5. The van der Waals surface area contributed by atoms with Crippen molar-refractivity contribution in [1.82, 2.24) is 0 Å². The van der Waals surface area contributed by atoms with Crippen LogP contribution in [-0.4, -0.2) is 36.8 Å². The van der Waals surface area contributed by atoms with Crippen molar-refractivity contribution in [2.75, 3.05) is 6.61 Å². The van der Waals surface area contributed by atoms with Crippen molar-refractivity contribution < 1.29 is 56.0 Å². The molecule has 284 valence electrons. The first-order chi connectivity index (χ1) is 25.9. The lowest BCUT2D eigenvalue weighted by atomic mass is 10.0. The van der Waals surface area contributed by atoms with Crippen LogP contribution in [0, 0.1) is 0 Å². The molecule has 54 heavy (non-hydrogen) atoms. The van der Waals surface area contributed by atoms with Crippen LogP contribution in [0.1, 0.15) is 94.1 Å². The van der Waals surface area contributed by atoms with Crippen molar-refractivity contribution in [2.24, 2.45) is 0 Å². The summed E-state index contributed by atoms with van der Waals surface area (Å²) in [5, 5.41) is 0. The fourth-order valence-corrected chi connectivity index (χ4v) is 5.29. The molecule has 0 aliphatic carbocycles. The first-order valence-corrected chi connectivity index (χ1v) is 17.6. The van der Waals surface area contributed by atoms with Gasteiger partial charge in [0.05, 0.1) is 23.3 Å². The fraction of sp³-hybridized carbons (Fsp3) is 0.286. The van der Waals surface area contributed by atoms with E-state index >= 15 is 0 Å². The number of hydrogen-bond donors (Lipinski definition) is 0. The van der Waals surface area contributed by atoms with E-state index in [1.54, 1.807) is 18.2 Å². The summed E-state index contributed by atoms with van der Waals surface area (Å²) in [5.74, 6) is -2.52. The SMILES string of the molecule is C=CC(=O)OCCCCCc1cc(OC(=O)c2ccc(CCCCCC)cc2)ccc1C(=O)Oc1ccc(OC(=O)c2ccc(OC(F)(F)F)cc2)cc1. The van der Waals surface area contributed by atoms with Crippen molar-refractivity contribution in [1.29, 1.82) is 0 Å². The Hall–Kier alpha value is -5.91. The van der Waals surface area contributed by atoms with Crippen LogP contribution in [0.2, 0.25) is 0 Å². The van der Waals surface area contributed by atoms with Gasteiger partial charge in [0.25, 0.3) is 0 Å². The Balaban J connectivity index is 1.40. The van der Waals surface area contributed by atoms with Crippen LogP contribution in [-0.2, 0) is 22.4 Å². The molecular formula is C42H41F3O9. The van der Waals surface area contributed by atoms with E-state index in [9.17, 15) is 32.3 Å². The topological polar surface area (TPSA) is 114 Å². The Labute approximate surface area is 311 Å². The second-order valence-electron chi connectivity index (χ2n) is 12.2. The highest BCUT2D eigenvalue weighted by atomic mass is 19.4. The van der Waals surface area contributed by atoms with Crippen molar-refractivity contribution in [3.8, 4) is 23.0 Å². The minimum Gasteiger partial charge on any atom is -0.463 e. The average Bonchev–Trinajstić information content (AvgIpc) is 3.15. The van der Waals surface area contributed by atoms with Gasteiger partial charge >= 0.3 is 30.2 Å². The predicted octanol–water partition coefficient (Wildman–Crippen LogP) is 9.81. The van der Waals surface area contributed by atoms with Crippen LogP contribution in [0.4, 0.5) is 13.2 Å². The number of unbranched alkanes of at least 4 members (excludes halogenated alkanes) is 5. The molecule has 0 bridgehead atoms. The van der Waals surface area contributed by atoms with E-state index in [1.807, 2.05) is 12.1 Å². The van der Waals surface area contributed by atoms with E-state index in [4.69, 9.17) is 18.9 Å². The Kier molecular flexibility index (Phi) is 15.4. The molecule has 0 heterocycles. The number of benzene rings is 4. The molecule has 0 saturated carbocycles. The Morgan fingerprint density at radius 3 is 1.72 bits per heavy atom. The number of hydrogen-bond acceptors (Lipinski definition) is 9. The smallest absolute Gasteiger partial charge is 0.463 e. The fourth-order valence-electron chi connectivity index (χ4n) is 5.29. The maximum absolute atomic E-state index is 13.4. The highest BCUT2D eigenvalue weighted by Gasteiger charge is 2.31. The first kappa shape index (κ1) is 40.9. The van der Waals surface area contributed by atoms with E-state index < -0.39 is 36.0 Å². The largest absolute Gasteiger partial charge is 0.573 e. The summed E-state index contributed by atoms with van der Waals surface area (Å²) in [6.45, 7) is 5.76. The molecule has 9 nitrogen and oxygen atoms in total. The van der Waals surface area contributed by atoms with Crippen LogP contribution in [0.15, 0.2) is 104 Å². The number of aryl methyl sites for hydroxylation is 2. The third kappa shape index (κ3) is 13.6.